The summed E-state index contributed by atoms with van der Waals surface area (Å²) >= 11 is 0. The first-order valence-corrected chi connectivity index (χ1v) is 13.2. The highest BCUT2D eigenvalue weighted by Crippen LogP contribution is 2.67. The minimum Gasteiger partial charge on any atom is -0.393 e. The fraction of sp³-hybridized carbons (Fsp3) is 0.929. The molecule has 0 radical (unpaired) electrons. The number of rotatable bonds is 5. The molecular weight excluding hydrogens is 368 g/mol. The molecule has 30 heavy (non-hydrogen) atoms. The zero-order valence-electron chi connectivity index (χ0n) is 20.3. The van der Waals surface area contributed by atoms with Gasteiger partial charge in [-0.15, -0.1) is 0 Å². The molecule has 1 heterocycles. The molecule has 1 N–H and O–H groups in total. The molecule has 1 saturated heterocycles. The third-order valence-corrected chi connectivity index (χ3v) is 11.5. The van der Waals surface area contributed by atoms with Crippen molar-refractivity contribution in [2.75, 3.05) is 0 Å². The predicted molar refractivity (Wildman–Crippen MR) is 123 cm³/mol. The van der Waals surface area contributed by atoms with Crippen LogP contribution in [-0.2, 0) is 4.74 Å². The van der Waals surface area contributed by atoms with Crippen LogP contribution < -0.4 is 0 Å². The maximum Gasteiger partial charge on any atom is 0.0971 e. The second kappa shape index (κ2) is 7.08. The molecule has 5 rings (SSSR count). The number of hydrogen-bond donors (Lipinski definition) is 1. The van der Waals surface area contributed by atoms with E-state index in [0.29, 0.717) is 10.8 Å². The maximum absolute atomic E-state index is 10.2. The minimum absolute atomic E-state index is 0.0857. The molecule has 2 nitrogen and oxygen atoms in total. The molecule has 0 aromatic heterocycles. The second-order valence-electron chi connectivity index (χ2n) is 12.8. The summed E-state index contributed by atoms with van der Waals surface area (Å²) in [6.45, 7) is 12.1. The number of epoxide rings is 1. The van der Waals surface area contributed by atoms with Crippen LogP contribution in [0, 0.1) is 34.5 Å². The highest BCUT2D eigenvalue weighted by atomic mass is 16.6. The highest BCUT2D eigenvalue weighted by Gasteiger charge is 2.62. The molecule has 3 saturated carbocycles. The van der Waals surface area contributed by atoms with Crippen molar-refractivity contribution in [3.8, 4) is 0 Å². The Morgan fingerprint density at radius 2 is 1.80 bits per heavy atom. The lowest BCUT2D eigenvalue weighted by molar-refractivity contribution is -0.0510. The van der Waals surface area contributed by atoms with Gasteiger partial charge in [0.25, 0.3) is 0 Å². The van der Waals surface area contributed by atoms with Crippen molar-refractivity contribution in [1.29, 1.82) is 0 Å². The molecule has 4 fully saturated rings. The average Bonchev–Trinajstić information content (AvgIpc) is 3.09. The summed E-state index contributed by atoms with van der Waals surface area (Å²) in [5.41, 5.74) is 2.84. The summed E-state index contributed by atoms with van der Waals surface area (Å²) in [7, 11) is 0. The van der Waals surface area contributed by atoms with Gasteiger partial charge in [-0.25, -0.2) is 0 Å². The van der Waals surface area contributed by atoms with Crippen molar-refractivity contribution in [3.05, 3.63) is 11.6 Å². The summed E-state index contributed by atoms with van der Waals surface area (Å²) in [5.74, 6) is 3.61. The maximum atomic E-state index is 10.2. The predicted octanol–water partition coefficient (Wildman–Crippen LogP) is 7.05. The fourth-order valence-corrected chi connectivity index (χ4v) is 9.35. The lowest BCUT2D eigenvalue weighted by atomic mass is 9.47. The van der Waals surface area contributed by atoms with Crippen molar-refractivity contribution < 1.29 is 9.84 Å². The molecule has 170 valence electrons. The fourth-order valence-electron chi connectivity index (χ4n) is 9.35. The van der Waals surface area contributed by atoms with Crippen LogP contribution in [0.5, 0.6) is 0 Å². The standard InChI is InChI=1S/C28H46O2/c1-6-28(25(2,3)30-28)15-7-8-19-10-12-23-22-11-9-20-18-21(29)13-16-27(20,5)24(22)14-17-26(19,23)4/h9,19,21-24,29H,6-8,10-18H2,1-5H3/t19-,21-,22?,23?,24?,26+,27-,28-/m0/s1. The molecule has 5 aliphatic rings. The van der Waals surface area contributed by atoms with Gasteiger partial charge in [-0.05, 0) is 119 Å². The van der Waals surface area contributed by atoms with Gasteiger partial charge in [-0.1, -0.05) is 38.8 Å². The Kier molecular flexibility index (Phi) is 5.07. The summed E-state index contributed by atoms with van der Waals surface area (Å²) < 4.78 is 6.15. The zero-order valence-corrected chi connectivity index (χ0v) is 20.3. The van der Waals surface area contributed by atoms with E-state index in [2.05, 4.69) is 40.7 Å². The van der Waals surface area contributed by atoms with E-state index in [1.165, 1.54) is 57.8 Å². The molecule has 0 amide bonds. The Labute approximate surface area is 185 Å². The van der Waals surface area contributed by atoms with Gasteiger partial charge < -0.3 is 9.84 Å². The van der Waals surface area contributed by atoms with Crippen LogP contribution in [0.2, 0.25) is 0 Å². The van der Waals surface area contributed by atoms with Crippen LogP contribution >= 0.6 is 0 Å². The first-order valence-electron chi connectivity index (χ1n) is 13.2. The van der Waals surface area contributed by atoms with Gasteiger partial charge >= 0.3 is 0 Å². The Hall–Kier alpha value is -0.340. The van der Waals surface area contributed by atoms with E-state index in [1.54, 1.807) is 5.57 Å². The molecule has 0 spiro atoms. The minimum atomic E-state index is -0.0857. The van der Waals surface area contributed by atoms with E-state index >= 15 is 0 Å². The SMILES string of the molecule is CC[C@@]1(CCC[C@H]2CCC3C4CC=C5C[C@@H](O)CC[C@]5(C)C4CC[C@@]32C)OC1(C)C. The first-order chi connectivity index (χ1) is 14.2. The van der Waals surface area contributed by atoms with Gasteiger partial charge in [-0.2, -0.15) is 0 Å². The monoisotopic (exact) mass is 414 g/mol. The lowest BCUT2D eigenvalue weighted by Gasteiger charge is -2.58. The van der Waals surface area contributed by atoms with Gasteiger partial charge in [0.1, 0.15) is 0 Å². The van der Waals surface area contributed by atoms with Crippen LogP contribution in [0.3, 0.4) is 0 Å². The Morgan fingerprint density at radius 3 is 2.50 bits per heavy atom. The van der Waals surface area contributed by atoms with E-state index < -0.39 is 0 Å². The molecule has 1 aliphatic heterocycles. The van der Waals surface area contributed by atoms with Crippen LogP contribution in [0.25, 0.3) is 0 Å². The Balaban J connectivity index is 1.27. The van der Waals surface area contributed by atoms with Crippen molar-refractivity contribution in [3.63, 3.8) is 0 Å². The van der Waals surface area contributed by atoms with Gasteiger partial charge in [0, 0.05) is 0 Å². The van der Waals surface area contributed by atoms with Gasteiger partial charge in [-0.3, -0.25) is 0 Å². The number of aliphatic hydroxyl groups excluding tert-OH is 1. The van der Waals surface area contributed by atoms with Crippen molar-refractivity contribution in [2.24, 2.45) is 34.5 Å². The number of ether oxygens (including phenoxy) is 1. The van der Waals surface area contributed by atoms with Gasteiger partial charge in [0.05, 0.1) is 17.3 Å². The van der Waals surface area contributed by atoms with E-state index in [1.807, 2.05) is 0 Å². The van der Waals surface area contributed by atoms with Crippen molar-refractivity contribution in [2.45, 2.75) is 129 Å². The zero-order chi connectivity index (χ0) is 21.4. The van der Waals surface area contributed by atoms with Crippen LogP contribution in [-0.4, -0.2) is 22.4 Å². The van der Waals surface area contributed by atoms with Crippen LogP contribution in [0.1, 0.15) is 112 Å². The van der Waals surface area contributed by atoms with Crippen molar-refractivity contribution >= 4 is 0 Å². The van der Waals surface area contributed by atoms with Crippen LogP contribution in [0.15, 0.2) is 11.6 Å². The Bertz CT molecular complexity index is 709. The number of allylic oxidation sites excluding steroid dienone is 1. The molecule has 8 atom stereocenters. The van der Waals surface area contributed by atoms with E-state index in [9.17, 15) is 5.11 Å². The molecule has 0 aromatic rings. The summed E-state index contributed by atoms with van der Waals surface area (Å²) in [5, 5.41) is 10.2. The number of fused-ring (bicyclic) bond motifs is 5. The normalized spacial score (nSPS) is 51.5. The van der Waals surface area contributed by atoms with Crippen LogP contribution in [0.4, 0.5) is 0 Å². The Morgan fingerprint density at radius 1 is 1.03 bits per heavy atom. The molecular formula is C28H46O2. The largest absolute Gasteiger partial charge is 0.393 e. The van der Waals surface area contributed by atoms with Crippen molar-refractivity contribution in [1.82, 2.24) is 0 Å². The molecule has 0 aromatic carbocycles. The van der Waals surface area contributed by atoms with E-state index in [4.69, 9.17) is 4.74 Å². The lowest BCUT2D eigenvalue weighted by Crippen LogP contribution is -2.50. The summed E-state index contributed by atoms with van der Waals surface area (Å²) in [4.78, 5) is 0. The van der Waals surface area contributed by atoms with E-state index in [0.717, 1.165) is 42.9 Å². The topological polar surface area (TPSA) is 32.8 Å². The molecule has 4 aliphatic carbocycles. The number of hydrogen-bond acceptors (Lipinski definition) is 2. The molecule has 0 bridgehead atoms. The average molecular weight is 415 g/mol. The first kappa shape index (κ1) is 21.5. The molecule has 2 heteroatoms. The second-order valence-corrected chi connectivity index (χ2v) is 12.8. The number of aliphatic hydroxyl groups is 1. The van der Waals surface area contributed by atoms with Gasteiger partial charge in [0.15, 0.2) is 0 Å². The third kappa shape index (κ3) is 3.02. The third-order valence-electron chi connectivity index (χ3n) is 11.5. The highest BCUT2D eigenvalue weighted by molar-refractivity contribution is 5.25. The smallest absolute Gasteiger partial charge is 0.0971 e. The quantitative estimate of drug-likeness (QED) is 0.386. The molecule has 3 unspecified atom stereocenters. The van der Waals surface area contributed by atoms with Gasteiger partial charge in [0.2, 0.25) is 0 Å². The summed E-state index contributed by atoms with van der Waals surface area (Å²) in [6, 6.07) is 0. The summed E-state index contributed by atoms with van der Waals surface area (Å²) in [6.07, 6.45) is 17.9. The van der Waals surface area contributed by atoms with E-state index in [-0.39, 0.29) is 17.3 Å².